The molecule has 1 aromatic rings. The van der Waals surface area contributed by atoms with E-state index in [4.69, 9.17) is 0 Å². The van der Waals surface area contributed by atoms with E-state index in [1.165, 1.54) is 0 Å². The summed E-state index contributed by atoms with van der Waals surface area (Å²) in [6.07, 6.45) is 0. The summed E-state index contributed by atoms with van der Waals surface area (Å²) < 4.78 is 0. The molecule has 3 rings (SSSR count). The number of nitrogens with zero attached hydrogens (tertiary/aromatic N) is 3. The summed E-state index contributed by atoms with van der Waals surface area (Å²) in [6.45, 7) is 3.00. The lowest BCUT2D eigenvalue weighted by Crippen LogP contribution is -2.41. The molecule has 0 saturated carbocycles. The van der Waals surface area contributed by atoms with Gasteiger partial charge in [-0.15, -0.1) is 0 Å². The first-order chi connectivity index (χ1) is 11.7. The van der Waals surface area contributed by atoms with E-state index in [-0.39, 0.29) is 12.1 Å². The number of carbonyl (C=O) groups is 2. The zero-order valence-electron chi connectivity index (χ0n) is 13.4. The van der Waals surface area contributed by atoms with Gasteiger partial charge in [0.05, 0.1) is 0 Å². The second kappa shape index (κ2) is 8.48. The van der Waals surface area contributed by atoms with E-state index in [1.807, 2.05) is 23.5 Å². The van der Waals surface area contributed by atoms with Crippen LogP contribution in [-0.2, 0) is 0 Å². The fraction of sp³-hybridized carbons (Fsp3) is 0.533. The van der Waals surface area contributed by atoms with Crippen LogP contribution in [0.2, 0.25) is 0 Å². The number of hydrogen-bond donors (Lipinski definition) is 2. The maximum Gasteiger partial charge on any atom is 0.323 e. The van der Waals surface area contributed by atoms with Gasteiger partial charge in [0.15, 0.2) is 0 Å². The van der Waals surface area contributed by atoms with E-state index < -0.39 is 0 Å². The summed E-state index contributed by atoms with van der Waals surface area (Å²) in [5, 5.41) is 5.61. The average molecular weight is 368 g/mol. The van der Waals surface area contributed by atoms with E-state index in [0.29, 0.717) is 11.6 Å². The van der Waals surface area contributed by atoms with Crippen molar-refractivity contribution in [2.75, 3.05) is 59.8 Å². The minimum atomic E-state index is -0.140. The predicted molar refractivity (Wildman–Crippen MR) is 100 cm³/mol. The molecule has 1 aromatic heterocycles. The van der Waals surface area contributed by atoms with E-state index in [1.54, 1.807) is 28.0 Å². The largest absolute Gasteiger partial charge is 0.323 e. The Kier molecular flexibility index (Phi) is 6.08. The number of pyridine rings is 1. The number of thioether (sulfide) groups is 2. The van der Waals surface area contributed by atoms with Crippen LogP contribution in [0.25, 0.3) is 0 Å². The van der Waals surface area contributed by atoms with Crippen LogP contribution in [0.3, 0.4) is 0 Å². The van der Waals surface area contributed by atoms with Crippen molar-refractivity contribution in [2.45, 2.75) is 0 Å². The summed E-state index contributed by atoms with van der Waals surface area (Å²) in [6, 6.07) is 4.95. The fourth-order valence-corrected chi connectivity index (χ4v) is 4.29. The van der Waals surface area contributed by atoms with Gasteiger partial charge in [-0.05, 0) is 12.1 Å². The molecule has 0 unspecified atom stereocenters. The third kappa shape index (κ3) is 4.70. The van der Waals surface area contributed by atoms with Crippen molar-refractivity contribution in [3.05, 3.63) is 18.2 Å². The maximum absolute atomic E-state index is 12.2. The quantitative estimate of drug-likeness (QED) is 0.838. The Morgan fingerprint density at radius 3 is 1.67 bits per heavy atom. The molecule has 0 bridgehead atoms. The molecule has 2 saturated heterocycles. The van der Waals surface area contributed by atoms with Gasteiger partial charge in [0, 0.05) is 49.2 Å². The number of nitrogens with one attached hydrogen (secondary N) is 2. The number of amides is 4. The molecule has 2 fully saturated rings. The molecule has 0 spiro atoms. The van der Waals surface area contributed by atoms with Crippen LogP contribution in [0.4, 0.5) is 21.2 Å². The van der Waals surface area contributed by atoms with Crippen LogP contribution in [0.5, 0.6) is 0 Å². The summed E-state index contributed by atoms with van der Waals surface area (Å²) >= 11 is 3.71. The molecular weight excluding hydrogens is 346 g/mol. The second-order valence-corrected chi connectivity index (χ2v) is 7.92. The Hall–Kier alpha value is -1.61. The van der Waals surface area contributed by atoms with Gasteiger partial charge in [0.1, 0.15) is 11.6 Å². The third-order valence-electron chi connectivity index (χ3n) is 3.82. The molecule has 2 aliphatic rings. The van der Waals surface area contributed by atoms with Gasteiger partial charge in [0.2, 0.25) is 0 Å². The smallest absolute Gasteiger partial charge is 0.323 e. The molecule has 9 heteroatoms. The van der Waals surface area contributed by atoms with E-state index in [0.717, 1.165) is 49.2 Å². The Balaban J connectivity index is 1.57. The highest BCUT2D eigenvalue weighted by atomic mass is 32.2. The minimum absolute atomic E-state index is 0.140. The molecule has 0 atom stereocenters. The Bertz CT molecular complexity index is 542. The fourth-order valence-electron chi connectivity index (χ4n) is 2.48. The first-order valence-electron chi connectivity index (χ1n) is 7.97. The van der Waals surface area contributed by atoms with Gasteiger partial charge in [-0.25, -0.2) is 14.6 Å². The minimum Gasteiger partial charge on any atom is -0.323 e. The second-order valence-electron chi connectivity index (χ2n) is 5.47. The molecule has 2 aliphatic heterocycles. The van der Waals surface area contributed by atoms with Crippen molar-refractivity contribution in [3.8, 4) is 0 Å². The summed E-state index contributed by atoms with van der Waals surface area (Å²) in [5.41, 5.74) is 0. The first-order valence-corrected chi connectivity index (χ1v) is 10.3. The van der Waals surface area contributed by atoms with Gasteiger partial charge >= 0.3 is 12.1 Å². The van der Waals surface area contributed by atoms with Gasteiger partial charge < -0.3 is 9.80 Å². The Morgan fingerprint density at radius 1 is 0.833 bits per heavy atom. The van der Waals surface area contributed by atoms with Gasteiger partial charge in [-0.2, -0.15) is 23.5 Å². The van der Waals surface area contributed by atoms with Gasteiger partial charge in [-0.3, -0.25) is 10.6 Å². The number of anilines is 2. The zero-order chi connectivity index (χ0) is 16.8. The van der Waals surface area contributed by atoms with Crippen molar-refractivity contribution in [3.63, 3.8) is 0 Å². The van der Waals surface area contributed by atoms with Crippen LogP contribution in [0.1, 0.15) is 0 Å². The standard InChI is InChI=1S/C15H21N5O2S2/c21-14(19-4-8-23-9-5-19)17-12-2-1-3-13(16-12)18-15(22)20-6-10-24-11-7-20/h1-3H,4-11H2,(H2,16,17,18,21,22). The molecular formula is C15H21N5O2S2. The van der Waals surface area contributed by atoms with E-state index in [9.17, 15) is 9.59 Å². The lowest BCUT2D eigenvalue weighted by molar-refractivity contribution is 0.216. The SMILES string of the molecule is O=C(Nc1cccc(NC(=O)N2CCSCC2)n1)N1CCSCC1. The van der Waals surface area contributed by atoms with Crippen LogP contribution in [0, 0.1) is 0 Å². The Labute approximate surface area is 149 Å². The lowest BCUT2D eigenvalue weighted by atomic mass is 10.4. The summed E-state index contributed by atoms with van der Waals surface area (Å²) in [5.74, 6) is 4.75. The van der Waals surface area contributed by atoms with Crippen molar-refractivity contribution in [1.29, 1.82) is 0 Å². The van der Waals surface area contributed by atoms with E-state index in [2.05, 4.69) is 15.6 Å². The highest BCUT2D eigenvalue weighted by molar-refractivity contribution is 7.99. The van der Waals surface area contributed by atoms with Crippen molar-refractivity contribution in [1.82, 2.24) is 14.8 Å². The van der Waals surface area contributed by atoms with Gasteiger partial charge in [-0.1, -0.05) is 6.07 Å². The first kappa shape index (κ1) is 17.2. The third-order valence-corrected chi connectivity index (χ3v) is 5.70. The Morgan fingerprint density at radius 2 is 1.25 bits per heavy atom. The molecule has 0 aromatic carbocycles. The highest BCUT2D eigenvalue weighted by Gasteiger charge is 2.19. The van der Waals surface area contributed by atoms with Crippen LogP contribution in [0.15, 0.2) is 18.2 Å². The van der Waals surface area contributed by atoms with E-state index >= 15 is 0 Å². The van der Waals surface area contributed by atoms with Crippen LogP contribution < -0.4 is 10.6 Å². The molecule has 2 N–H and O–H groups in total. The predicted octanol–water partition coefficient (Wildman–Crippen LogP) is 2.24. The monoisotopic (exact) mass is 367 g/mol. The molecule has 3 heterocycles. The number of carbonyl (C=O) groups excluding carboxylic acids is 2. The zero-order valence-corrected chi connectivity index (χ0v) is 15.0. The topological polar surface area (TPSA) is 77.6 Å². The highest BCUT2D eigenvalue weighted by Crippen LogP contribution is 2.15. The summed E-state index contributed by atoms with van der Waals surface area (Å²) in [4.78, 5) is 32.3. The van der Waals surface area contributed by atoms with Crippen LogP contribution in [-0.4, -0.2) is 76.0 Å². The van der Waals surface area contributed by atoms with Crippen molar-refractivity contribution in [2.24, 2.45) is 0 Å². The lowest BCUT2D eigenvalue weighted by Gasteiger charge is -2.27. The number of aromatic nitrogens is 1. The van der Waals surface area contributed by atoms with Gasteiger partial charge in [0.25, 0.3) is 0 Å². The number of hydrogen-bond acceptors (Lipinski definition) is 5. The average Bonchev–Trinajstić information content (AvgIpc) is 2.63. The number of urea groups is 2. The summed E-state index contributed by atoms with van der Waals surface area (Å²) in [7, 11) is 0. The van der Waals surface area contributed by atoms with Crippen molar-refractivity contribution < 1.29 is 9.59 Å². The maximum atomic E-state index is 12.2. The molecule has 4 amide bonds. The molecule has 0 aliphatic carbocycles. The molecule has 130 valence electrons. The molecule has 0 radical (unpaired) electrons. The molecule has 24 heavy (non-hydrogen) atoms. The normalized spacial score (nSPS) is 18.2. The van der Waals surface area contributed by atoms with Crippen molar-refractivity contribution >= 4 is 47.2 Å². The number of rotatable bonds is 2. The molecule has 7 nitrogen and oxygen atoms in total. The van der Waals surface area contributed by atoms with Crippen LogP contribution >= 0.6 is 23.5 Å².